The number of nitrogens with one attached hydrogen (secondary N) is 1. The Labute approximate surface area is 203 Å². The molecule has 1 aromatic carbocycles. The van der Waals surface area contributed by atoms with Crippen molar-refractivity contribution in [2.24, 2.45) is 0 Å². The van der Waals surface area contributed by atoms with E-state index in [2.05, 4.69) is 15.2 Å². The zero-order chi connectivity index (χ0) is 24.4. The smallest absolute Gasteiger partial charge is 0.349 e. The minimum Gasteiger partial charge on any atom is -0.497 e. The van der Waals surface area contributed by atoms with Gasteiger partial charge in [0.25, 0.3) is 5.56 Å². The molecule has 5 rings (SSSR count). The first-order chi connectivity index (χ1) is 17.0. The third-order valence-corrected chi connectivity index (χ3v) is 6.78. The van der Waals surface area contributed by atoms with E-state index in [9.17, 15) is 9.59 Å². The molecule has 0 aliphatic carbocycles. The number of methoxy groups -OCH3 is 1. The predicted molar refractivity (Wildman–Crippen MR) is 131 cm³/mol. The second-order valence-corrected chi connectivity index (χ2v) is 9.08. The average Bonchev–Trinajstić information content (AvgIpc) is 2.87. The first-order valence-electron chi connectivity index (χ1n) is 12.0. The fraction of sp³-hybridized carbons (Fsp3) is 0.423. The van der Waals surface area contributed by atoms with Gasteiger partial charge in [-0.25, -0.2) is 4.79 Å². The van der Waals surface area contributed by atoms with E-state index in [1.54, 1.807) is 25.4 Å². The Balaban J connectivity index is 1.15. The van der Waals surface area contributed by atoms with E-state index in [0.717, 1.165) is 60.4 Å². The Kier molecular flexibility index (Phi) is 6.70. The standard InChI is InChI=1S/C26H30N4O5/c1-17-11-25(31)30(22-13-20(33-2)3-4-21(17)22)10-9-29-7-5-18(6-8-29)27-14-19-12-23-24(15-28-19)34-16-26(32)35-23/h3-4,11-13,15,18,27H,5-10,14,16H2,1-2H3. The van der Waals surface area contributed by atoms with Gasteiger partial charge in [-0.3, -0.25) is 9.78 Å². The number of benzene rings is 1. The lowest BCUT2D eigenvalue weighted by molar-refractivity contribution is -0.138. The quantitative estimate of drug-likeness (QED) is 0.517. The molecule has 0 unspecified atom stereocenters. The van der Waals surface area contributed by atoms with Crippen molar-refractivity contribution < 1.29 is 19.0 Å². The molecule has 1 N–H and O–H groups in total. The lowest BCUT2D eigenvalue weighted by atomic mass is 10.0. The van der Waals surface area contributed by atoms with Crippen LogP contribution in [-0.2, 0) is 17.9 Å². The van der Waals surface area contributed by atoms with Crippen LogP contribution < -0.4 is 25.1 Å². The summed E-state index contributed by atoms with van der Waals surface area (Å²) in [6.07, 6.45) is 3.63. The van der Waals surface area contributed by atoms with Crippen LogP contribution in [0.4, 0.5) is 0 Å². The van der Waals surface area contributed by atoms with Crippen LogP contribution >= 0.6 is 0 Å². The number of rotatable bonds is 7. The average molecular weight is 479 g/mol. The van der Waals surface area contributed by atoms with Crippen LogP contribution in [0.2, 0.25) is 0 Å². The van der Waals surface area contributed by atoms with Crippen LogP contribution in [0, 0.1) is 6.92 Å². The lowest BCUT2D eigenvalue weighted by Crippen LogP contribution is -2.43. The zero-order valence-corrected chi connectivity index (χ0v) is 20.1. The molecule has 2 aliphatic heterocycles. The number of esters is 1. The number of carbonyl (C=O) groups is 1. The Morgan fingerprint density at radius 3 is 2.74 bits per heavy atom. The van der Waals surface area contributed by atoms with E-state index in [0.29, 0.717) is 30.6 Å². The largest absolute Gasteiger partial charge is 0.497 e. The van der Waals surface area contributed by atoms with Crippen LogP contribution in [0.15, 0.2) is 41.3 Å². The molecular formula is C26H30N4O5. The van der Waals surface area contributed by atoms with E-state index in [4.69, 9.17) is 14.2 Å². The number of likely N-dealkylation sites (tertiary alicyclic amines) is 1. The third-order valence-electron chi connectivity index (χ3n) is 6.78. The van der Waals surface area contributed by atoms with Gasteiger partial charge in [0.05, 0.1) is 24.5 Å². The van der Waals surface area contributed by atoms with Gasteiger partial charge in [0, 0.05) is 49.3 Å². The van der Waals surface area contributed by atoms with E-state index in [-0.39, 0.29) is 12.2 Å². The van der Waals surface area contributed by atoms with Crippen molar-refractivity contribution in [2.45, 2.75) is 38.9 Å². The molecule has 9 nitrogen and oxygen atoms in total. The summed E-state index contributed by atoms with van der Waals surface area (Å²) >= 11 is 0. The van der Waals surface area contributed by atoms with Crippen molar-refractivity contribution >= 4 is 16.9 Å². The fourth-order valence-electron chi connectivity index (χ4n) is 4.77. The molecule has 2 aliphatic rings. The maximum atomic E-state index is 12.8. The molecule has 35 heavy (non-hydrogen) atoms. The molecule has 4 heterocycles. The number of hydrogen-bond donors (Lipinski definition) is 1. The normalized spacial score (nSPS) is 16.6. The molecular weight excluding hydrogens is 448 g/mol. The Morgan fingerprint density at radius 2 is 1.94 bits per heavy atom. The lowest BCUT2D eigenvalue weighted by Gasteiger charge is -2.32. The molecule has 9 heteroatoms. The number of carbonyl (C=O) groups excluding carboxylic acids is 1. The van der Waals surface area contributed by atoms with Crippen molar-refractivity contribution in [3.05, 3.63) is 58.1 Å². The first kappa shape index (κ1) is 23.3. The number of hydrogen-bond acceptors (Lipinski definition) is 8. The summed E-state index contributed by atoms with van der Waals surface area (Å²) in [7, 11) is 1.64. The summed E-state index contributed by atoms with van der Waals surface area (Å²) in [4.78, 5) is 31.0. The van der Waals surface area contributed by atoms with Crippen molar-refractivity contribution in [3.63, 3.8) is 0 Å². The highest BCUT2D eigenvalue weighted by Crippen LogP contribution is 2.29. The zero-order valence-electron chi connectivity index (χ0n) is 20.1. The molecule has 0 spiro atoms. The molecule has 1 fully saturated rings. The van der Waals surface area contributed by atoms with Gasteiger partial charge < -0.3 is 29.0 Å². The van der Waals surface area contributed by atoms with E-state index in [1.807, 2.05) is 29.7 Å². The van der Waals surface area contributed by atoms with Crippen molar-refractivity contribution in [2.75, 3.05) is 33.4 Å². The summed E-state index contributed by atoms with van der Waals surface area (Å²) in [5.41, 5.74) is 2.73. The molecule has 0 saturated carbocycles. The van der Waals surface area contributed by atoms with Gasteiger partial charge in [-0.05, 0) is 50.6 Å². The van der Waals surface area contributed by atoms with Crippen LogP contribution in [0.5, 0.6) is 17.2 Å². The molecule has 3 aromatic rings. The molecule has 2 aromatic heterocycles. The van der Waals surface area contributed by atoms with Crippen molar-refractivity contribution in [3.8, 4) is 17.2 Å². The highest BCUT2D eigenvalue weighted by molar-refractivity contribution is 5.83. The molecule has 0 radical (unpaired) electrons. The monoisotopic (exact) mass is 478 g/mol. The molecule has 0 atom stereocenters. The van der Waals surface area contributed by atoms with Gasteiger partial charge in [0.1, 0.15) is 5.75 Å². The summed E-state index contributed by atoms with van der Waals surface area (Å²) in [6, 6.07) is 9.75. The van der Waals surface area contributed by atoms with Crippen LogP contribution in [0.1, 0.15) is 24.1 Å². The van der Waals surface area contributed by atoms with Crippen LogP contribution in [-0.4, -0.2) is 59.8 Å². The number of fused-ring (bicyclic) bond motifs is 2. The second-order valence-electron chi connectivity index (χ2n) is 9.08. The number of ether oxygens (including phenoxy) is 3. The Hall–Kier alpha value is -3.43. The summed E-state index contributed by atoms with van der Waals surface area (Å²) in [5.74, 6) is 1.29. The number of piperidine rings is 1. The van der Waals surface area contributed by atoms with E-state index < -0.39 is 5.97 Å². The minimum absolute atomic E-state index is 0.0217. The van der Waals surface area contributed by atoms with E-state index >= 15 is 0 Å². The topological polar surface area (TPSA) is 94.9 Å². The van der Waals surface area contributed by atoms with Crippen LogP contribution in [0.3, 0.4) is 0 Å². The minimum atomic E-state index is -0.394. The number of aryl methyl sites for hydroxylation is 1. The molecule has 0 bridgehead atoms. The third kappa shape index (κ3) is 5.16. The molecule has 1 saturated heterocycles. The highest BCUT2D eigenvalue weighted by Gasteiger charge is 2.21. The SMILES string of the molecule is COc1ccc2c(C)cc(=O)n(CCN3CCC(NCc4cc5c(cn4)OCC(=O)O5)CC3)c2c1. The second kappa shape index (κ2) is 10.1. The van der Waals surface area contributed by atoms with Crippen molar-refractivity contribution in [1.82, 2.24) is 19.8 Å². The first-order valence-corrected chi connectivity index (χ1v) is 12.0. The summed E-state index contributed by atoms with van der Waals surface area (Å²) < 4.78 is 17.8. The van der Waals surface area contributed by atoms with Gasteiger partial charge in [0.15, 0.2) is 18.1 Å². The molecule has 184 valence electrons. The van der Waals surface area contributed by atoms with Gasteiger partial charge in [0.2, 0.25) is 0 Å². The Morgan fingerprint density at radius 1 is 1.11 bits per heavy atom. The summed E-state index contributed by atoms with van der Waals surface area (Å²) in [6.45, 7) is 5.87. The van der Waals surface area contributed by atoms with Gasteiger partial charge >= 0.3 is 5.97 Å². The van der Waals surface area contributed by atoms with E-state index in [1.165, 1.54) is 0 Å². The summed E-state index contributed by atoms with van der Waals surface area (Å²) in [5, 5.41) is 4.64. The number of aromatic nitrogens is 2. The fourth-order valence-corrected chi connectivity index (χ4v) is 4.77. The predicted octanol–water partition coefficient (Wildman–Crippen LogP) is 2.27. The van der Waals surface area contributed by atoms with Crippen molar-refractivity contribution in [1.29, 1.82) is 0 Å². The molecule has 0 amide bonds. The van der Waals surface area contributed by atoms with Crippen LogP contribution in [0.25, 0.3) is 10.9 Å². The van der Waals surface area contributed by atoms with Gasteiger partial charge in [-0.2, -0.15) is 0 Å². The maximum Gasteiger partial charge on any atom is 0.349 e. The number of nitrogens with zero attached hydrogens (tertiary/aromatic N) is 3. The van der Waals surface area contributed by atoms with Gasteiger partial charge in [-0.15, -0.1) is 0 Å². The number of pyridine rings is 2. The highest BCUT2D eigenvalue weighted by atomic mass is 16.6. The Bertz CT molecular complexity index is 1300. The van der Waals surface area contributed by atoms with Gasteiger partial charge in [-0.1, -0.05) is 0 Å². The maximum absolute atomic E-state index is 12.8.